The number of rotatable bonds is 6. The number of likely N-dealkylation sites (tertiary alicyclic amines) is 1. The van der Waals surface area contributed by atoms with Crippen molar-refractivity contribution in [2.45, 2.75) is 44.8 Å². The maximum absolute atomic E-state index is 13.3. The van der Waals surface area contributed by atoms with E-state index in [0.717, 1.165) is 5.56 Å². The number of amides is 2. The Balaban J connectivity index is 1.90. The van der Waals surface area contributed by atoms with Gasteiger partial charge in [-0.3, -0.25) is 9.59 Å². The van der Waals surface area contributed by atoms with Crippen LogP contribution in [0.25, 0.3) is 0 Å². The summed E-state index contributed by atoms with van der Waals surface area (Å²) in [6.07, 6.45) is 0. The predicted molar refractivity (Wildman–Crippen MR) is 109 cm³/mol. The molecule has 0 aliphatic carbocycles. The molecule has 29 heavy (non-hydrogen) atoms. The van der Waals surface area contributed by atoms with E-state index in [1.807, 2.05) is 44.2 Å². The van der Waals surface area contributed by atoms with Gasteiger partial charge in [0.2, 0.25) is 5.91 Å². The van der Waals surface area contributed by atoms with Crippen molar-refractivity contribution < 1.29 is 19.1 Å². The first-order valence-electron chi connectivity index (χ1n) is 9.86. The van der Waals surface area contributed by atoms with Crippen molar-refractivity contribution >= 4 is 11.8 Å². The van der Waals surface area contributed by atoms with Gasteiger partial charge in [-0.05, 0) is 43.7 Å². The molecule has 2 aromatic carbocycles. The topological polar surface area (TPSA) is 60.9 Å². The molecule has 1 saturated heterocycles. The molecular formula is C23H27FN2O3. The molecule has 0 aromatic heterocycles. The molecule has 2 amide bonds. The Kier molecular flexibility index (Phi) is 6.33. The second-order valence-electron chi connectivity index (χ2n) is 7.74. The number of hydrogen-bond donors (Lipinski definition) is 1. The molecule has 1 N–H and O–H groups in total. The molecule has 0 saturated carbocycles. The molecule has 154 valence electrons. The number of carbonyl (C=O) groups excluding carboxylic acids is 2. The smallest absolute Gasteiger partial charge is 0.254 e. The summed E-state index contributed by atoms with van der Waals surface area (Å²) in [7, 11) is 0. The molecule has 1 heterocycles. The Labute approximate surface area is 170 Å². The van der Waals surface area contributed by atoms with E-state index in [0.29, 0.717) is 12.1 Å². The van der Waals surface area contributed by atoms with E-state index >= 15 is 0 Å². The number of halogens is 1. The average Bonchev–Trinajstić information content (AvgIpc) is 2.68. The van der Waals surface area contributed by atoms with Gasteiger partial charge >= 0.3 is 0 Å². The Morgan fingerprint density at radius 3 is 2.21 bits per heavy atom. The lowest BCUT2D eigenvalue weighted by Gasteiger charge is -2.56. The van der Waals surface area contributed by atoms with Crippen LogP contribution in [0.15, 0.2) is 54.6 Å². The van der Waals surface area contributed by atoms with Gasteiger partial charge in [0.1, 0.15) is 5.82 Å². The summed E-state index contributed by atoms with van der Waals surface area (Å²) in [4.78, 5) is 28.8. The molecule has 5 nitrogen and oxygen atoms in total. The van der Waals surface area contributed by atoms with Crippen molar-refractivity contribution in [3.05, 3.63) is 71.5 Å². The summed E-state index contributed by atoms with van der Waals surface area (Å²) >= 11 is 0. The first-order chi connectivity index (χ1) is 13.8. The average molecular weight is 398 g/mol. The van der Waals surface area contributed by atoms with Crippen molar-refractivity contribution in [3.63, 3.8) is 0 Å². The second-order valence-corrected chi connectivity index (χ2v) is 7.74. The van der Waals surface area contributed by atoms with Crippen molar-refractivity contribution in [2.24, 2.45) is 0 Å². The minimum atomic E-state index is -0.394. The zero-order valence-corrected chi connectivity index (χ0v) is 17.0. The van der Waals surface area contributed by atoms with Crippen LogP contribution in [0.3, 0.4) is 0 Å². The molecular weight excluding hydrogens is 371 g/mol. The lowest BCUT2D eigenvalue weighted by Crippen LogP contribution is -2.68. The first-order valence-corrected chi connectivity index (χ1v) is 9.86. The Morgan fingerprint density at radius 2 is 1.69 bits per heavy atom. The highest BCUT2D eigenvalue weighted by Crippen LogP contribution is 2.41. The van der Waals surface area contributed by atoms with E-state index in [1.165, 1.54) is 31.2 Å². The molecule has 2 aromatic rings. The van der Waals surface area contributed by atoms with Crippen LogP contribution in [0.5, 0.6) is 0 Å². The number of nitrogens with zero attached hydrogens (tertiary/aromatic N) is 2. The van der Waals surface area contributed by atoms with Gasteiger partial charge in [0.25, 0.3) is 5.91 Å². The molecule has 0 radical (unpaired) electrons. The number of aliphatic hydroxyl groups excluding tert-OH is 1. The molecule has 0 spiro atoms. The van der Waals surface area contributed by atoms with Crippen LogP contribution in [-0.4, -0.2) is 58.0 Å². The monoisotopic (exact) mass is 398 g/mol. The van der Waals surface area contributed by atoms with Crippen LogP contribution in [-0.2, 0) is 4.79 Å². The van der Waals surface area contributed by atoms with E-state index in [1.54, 1.807) is 9.80 Å². The third kappa shape index (κ3) is 4.17. The van der Waals surface area contributed by atoms with Crippen LogP contribution < -0.4 is 0 Å². The summed E-state index contributed by atoms with van der Waals surface area (Å²) < 4.78 is 13.3. The minimum Gasteiger partial charge on any atom is -0.394 e. The van der Waals surface area contributed by atoms with Crippen molar-refractivity contribution in [2.75, 3.05) is 13.2 Å². The van der Waals surface area contributed by atoms with Crippen molar-refractivity contribution in [1.29, 1.82) is 0 Å². The van der Waals surface area contributed by atoms with E-state index in [2.05, 4.69) is 0 Å². The fraction of sp³-hybridized carbons (Fsp3) is 0.391. The van der Waals surface area contributed by atoms with Crippen LogP contribution in [0.2, 0.25) is 0 Å². The van der Waals surface area contributed by atoms with E-state index < -0.39 is 5.82 Å². The van der Waals surface area contributed by atoms with Gasteiger partial charge in [0.05, 0.1) is 18.7 Å². The summed E-state index contributed by atoms with van der Waals surface area (Å²) in [6, 6.07) is 14.6. The highest BCUT2D eigenvalue weighted by atomic mass is 19.1. The largest absolute Gasteiger partial charge is 0.394 e. The van der Waals surface area contributed by atoms with E-state index in [-0.39, 0.29) is 42.5 Å². The lowest BCUT2D eigenvalue weighted by molar-refractivity contribution is -0.149. The predicted octanol–water partition coefficient (Wildman–Crippen LogP) is 3.05. The van der Waals surface area contributed by atoms with Gasteiger partial charge in [0, 0.05) is 31.0 Å². The Morgan fingerprint density at radius 1 is 1.07 bits per heavy atom. The van der Waals surface area contributed by atoms with Crippen LogP contribution in [0.1, 0.15) is 42.6 Å². The maximum Gasteiger partial charge on any atom is 0.254 e. The second kappa shape index (κ2) is 8.74. The number of hydrogen-bond acceptors (Lipinski definition) is 3. The minimum absolute atomic E-state index is 0.0626. The van der Waals surface area contributed by atoms with E-state index in [9.17, 15) is 19.1 Å². The fourth-order valence-electron chi connectivity index (χ4n) is 4.22. The van der Waals surface area contributed by atoms with Gasteiger partial charge in [-0.1, -0.05) is 30.3 Å². The van der Waals surface area contributed by atoms with Crippen LogP contribution >= 0.6 is 0 Å². The standard InChI is InChI=1S/C23H27FN2O3/c1-15(2)25(23(29)18-9-11-19(24)12-10-18)13-20-22(17-7-5-4-6-8-17)21(14-27)26(20)16(3)28/h4-12,15,20-22,27H,13-14H2,1-3H3/t20-,21+,22+/m1/s1. The van der Waals surface area contributed by atoms with Crippen LogP contribution in [0, 0.1) is 5.82 Å². The van der Waals surface area contributed by atoms with Crippen LogP contribution in [0.4, 0.5) is 4.39 Å². The molecule has 1 aliphatic rings. The van der Waals surface area contributed by atoms with Crippen molar-refractivity contribution in [1.82, 2.24) is 9.80 Å². The number of carbonyl (C=O) groups is 2. The zero-order valence-electron chi connectivity index (χ0n) is 17.0. The Bertz CT molecular complexity index is 854. The third-order valence-corrected chi connectivity index (χ3v) is 5.64. The highest BCUT2D eigenvalue weighted by Gasteiger charge is 2.51. The molecule has 1 fully saturated rings. The van der Waals surface area contributed by atoms with Gasteiger partial charge in [-0.15, -0.1) is 0 Å². The quantitative estimate of drug-likeness (QED) is 0.814. The zero-order chi connectivity index (χ0) is 21.1. The van der Waals surface area contributed by atoms with E-state index in [4.69, 9.17) is 0 Å². The molecule has 0 bridgehead atoms. The first kappa shape index (κ1) is 21.0. The molecule has 3 atom stereocenters. The Hall–Kier alpha value is -2.73. The normalized spacial score (nSPS) is 21.0. The van der Waals surface area contributed by atoms with Crippen molar-refractivity contribution in [3.8, 4) is 0 Å². The number of aliphatic hydroxyl groups is 1. The molecule has 1 aliphatic heterocycles. The summed E-state index contributed by atoms with van der Waals surface area (Å²) in [5, 5.41) is 9.90. The number of benzene rings is 2. The lowest BCUT2D eigenvalue weighted by atomic mass is 9.74. The molecule has 0 unspecified atom stereocenters. The molecule has 3 rings (SSSR count). The SMILES string of the molecule is CC(=O)N1[C@H](CN(C(=O)c2ccc(F)cc2)C(C)C)[C@H](c2ccccc2)[C@@H]1CO. The fourth-order valence-corrected chi connectivity index (χ4v) is 4.22. The third-order valence-electron chi connectivity index (χ3n) is 5.64. The summed E-state index contributed by atoms with van der Waals surface area (Å²) in [5.74, 6) is -0.788. The molecule has 6 heteroatoms. The summed E-state index contributed by atoms with van der Waals surface area (Å²) in [5.41, 5.74) is 1.44. The summed E-state index contributed by atoms with van der Waals surface area (Å²) in [6.45, 7) is 5.52. The maximum atomic E-state index is 13.3. The van der Waals surface area contributed by atoms with Gasteiger partial charge in [-0.25, -0.2) is 4.39 Å². The highest BCUT2D eigenvalue weighted by molar-refractivity contribution is 5.94. The van der Waals surface area contributed by atoms with Gasteiger partial charge in [0.15, 0.2) is 0 Å². The van der Waals surface area contributed by atoms with Gasteiger partial charge in [-0.2, -0.15) is 0 Å². The van der Waals surface area contributed by atoms with Gasteiger partial charge < -0.3 is 14.9 Å².